The van der Waals surface area contributed by atoms with Gasteiger partial charge in [0.05, 0.1) is 13.7 Å². The van der Waals surface area contributed by atoms with E-state index in [1.54, 1.807) is 0 Å². The molecule has 0 aromatic rings. The predicted molar refractivity (Wildman–Crippen MR) is 35.9 cm³/mol. The highest BCUT2D eigenvalue weighted by atomic mass is 19.1. The molecule has 3 nitrogen and oxygen atoms in total. The molecular formula is C7H11FO3. The molecule has 0 saturated carbocycles. The maximum atomic E-state index is 12.6. The third-order valence-electron chi connectivity index (χ3n) is 1.68. The number of ether oxygens (including phenoxy) is 2. The molecule has 0 aromatic carbocycles. The van der Waals surface area contributed by atoms with Crippen molar-refractivity contribution in [3.63, 3.8) is 0 Å². The first-order valence-corrected chi connectivity index (χ1v) is 3.57. The number of hydrogen-bond acceptors (Lipinski definition) is 3. The van der Waals surface area contributed by atoms with E-state index in [1.165, 1.54) is 7.11 Å². The van der Waals surface area contributed by atoms with Crippen LogP contribution in [-0.4, -0.2) is 32.0 Å². The van der Waals surface area contributed by atoms with Crippen LogP contribution >= 0.6 is 0 Å². The third kappa shape index (κ3) is 2.15. The van der Waals surface area contributed by atoms with Gasteiger partial charge in [0, 0.05) is 12.8 Å². The van der Waals surface area contributed by atoms with E-state index in [0.717, 1.165) is 0 Å². The molecule has 1 saturated heterocycles. The number of alkyl halides is 1. The number of hydrogen-bond donors (Lipinski definition) is 0. The number of esters is 1. The van der Waals surface area contributed by atoms with Crippen LogP contribution in [0.5, 0.6) is 0 Å². The summed E-state index contributed by atoms with van der Waals surface area (Å²) in [6.07, 6.45) is -1.10. The molecule has 0 aliphatic carbocycles. The van der Waals surface area contributed by atoms with Gasteiger partial charge >= 0.3 is 5.97 Å². The van der Waals surface area contributed by atoms with Crippen LogP contribution < -0.4 is 0 Å². The Morgan fingerprint density at radius 1 is 1.73 bits per heavy atom. The van der Waals surface area contributed by atoms with E-state index in [1.807, 2.05) is 0 Å². The zero-order chi connectivity index (χ0) is 8.27. The van der Waals surface area contributed by atoms with Crippen molar-refractivity contribution < 1.29 is 18.7 Å². The average Bonchev–Trinajstić information content (AvgIpc) is 2.03. The Morgan fingerprint density at radius 3 is 3.00 bits per heavy atom. The van der Waals surface area contributed by atoms with Gasteiger partial charge in [0.15, 0.2) is 6.10 Å². The second-order valence-corrected chi connectivity index (χ2v) is 2.50. The Balaban J connectivity index is 2.39. The standard InChI is InChI=1S/C7H11FO3/c1-10-7(9)6-4-5(8)2-3-11-6/h5-6H,2-4H2,1H3/t5-,6-/m1/s1. The fourth-order valence-corrected chi connectivity index (χ4v) is 1.05. The maximum absolute atomic E-state index is 12.6. The van der Waals surface area contributed by atoms with Crippen molar-refractivity contribution in [2.24, 2.45) is 0 Å². The average molecular weight is 162 g/mol. The highest BCUT2D eigenvalue weighted by molar-refractivity contribution is 5.74. The van der Waals surface area contributed by atoms with Crippen LogP contribution in [0.25, 0.3) is 0 Å². The quantitative estimate of drug-likeness (QED) is 0.532. The van der Waals surface area contributed by atoms with Gasteiger partial charge < -0.3 is 9.47 Å². The van der Waals surface area contributed by atoms with Crippen molar-refractivity contribution in [1.82, 2.24) is 0 Å². The van der Waals surface area contributed by atoms with Crippen molar-refractivity contribution in [2.75, 3.05) is 13.7 Å². The summed E-state index contributed by atoms with van der Waals surface area (Å²) in [6.45, 7) is 0.306. The summed E-state index contributed by atoms with van der Waals surface area (Å²) >= 11 is 0. The molecule has 0 amide bonds. The molecule has 1 aliphatic heterocycles. The lowest BCUT2D eigenvalue weighted by Crippen LogP contribution is -2.33. The Hall–Kier alpha value is -0.640. The first kappa shape index (κ1) is 8.46. The van der Waals surface area contributed by atoms with Crippen LogP contribution in [0.1, 0.15) is 12.8 Å². The van der Waals surface area contributed by atoms with Crippen LogP contribution in [0.4, 0.5) is 4.39 Å². The first-order valence-electron chi connectivity index (χ1n) is 3.57. The fourth-order valence-electron chi connectivity index (χ4n) is 1.05. The number of methoxy groups -OCH3 is 1. The molecule has 1 heterocycles. The van der Waals surface area contributed by atoms with Gasteiger partial charge in [-0.15, -0.1) is 0 Å². The van der Waals surface area contributed by atoms with E-state index in [9.17, 15) is 9.18 Å². The summed E-state index contributed by atoms with van der Waals surface area (Å²) in [4.78, 5) is 10.8. The van der Waals surface area contributed by atoms with Gasteiger partial charge in [-0.2, -0.15) is 0 Å². The van der Waals surface area contributed by atoms with Gasteiger partial charge in [-0.1, -0.05) is 0 Å². The highest BCUT2D eigenvalue weighted by Gasteiger charge is 2.28. The normalized spacial score (nSPS) is 31.5. The van der Waals surface area contributed by atoms with E-state index in [-0.39, 0.29) is 6.42 Å². The highest BCUT2D eigenvalue weighted by Crippen LogP contribution is 2.17. The van der Waals surface area contributed by atoms with E-state index < -0.39 is 18.2 Å². The van der Waals surface area contributed by atoms with Crippen molar-refractivity contribution in [3.8, 4) is 0 Å². The van der Waals surface area contributed by atoms with Crippen LogP contribution in [0.15, 0.2) is 0 Å². The lowest BCUT2D eigenvalue weighted by molar-refractivity contribution is -0.159. The van der Waals surface area contributed by atoms with Gasteiger partial charge in [0.1, 0.15) is 6.17 Å². The fraction of sp³-hybridized carbons (Fsp3) is 0.857. The number of carbonyl (C=O) groups excluding carboxylic acids is 1. The number of halogens is 1. The van der Waals surface area contributed by atoms with Crippen molar-refractivity contribution in [3.05, 3.63) is 0 Å². The van der Waals surface area contributed by atoms with Crippen LogP contribution in [0.3, 0.4) is 0 Å². The summed E-state index contributed by atoms with van der Waals surface area (Å²) in [5.74, 6) is -0.479. The monoisotopic (exact) mass is 162 g/mol. The molecule has 11 heavy (non-hydrogen) atoms. The Labute approximate surface area is 64.5 Å². The molecule has 0 aromatic heterocycles. The molecule has 0 radical (unpaired) electrons. The van der Waals surface area contributed by atoms with E-state index >= 15 is 0 Å². The Morgan fingerprint density at radius 2 is 2.45 bits per heavy atom. The molecule has 2 atom stereocenters. The smallest absolute Gasteiger partial charge is 0.335 e. The molecule has 64 valence electrons. The van der Waals surface area contributed by atoms with Gasteiger partial charge in [-0.05, 0) is 0 Å². The molecule has 1 fully saturated rings. The molecular weight excluding hydrogens is 151 g/mol. The lowest BCUT2D eigenvalue weighted by atomic mass is 10.1. The molecule has 1 rings (SSSR count). The van der Waals surface area contributed by atoms with E-state index in [0.29, 0.717) is 13.0 Å². The summed E-state index contributed by atoms with van der Waals surface area (Å²) in [5, 5.41) is 0. The van der Waals surface area contributed by atoms with Crippen LogP contribution in [-0.2, 0) is 14.3 Å². The minimum atomic E-state index is -0.923. The summed E-state index contributed by atoms with van der Waals surface area (Å²) in [6, 6.07) is 0. The first-order chi connectivity index (χ1) is 5.24. The molecule has 1 aliphatic rings. The summed E-state index contributed by atoms with van der Waals surface area (Å²) in [7, 11) is 1.27. The minimum absolute atomic E-state index is 0.132. The Bertz CT molecular complexity index is 149. The second kappa shape index (κ2) is 3.67. The SMILES string of the molecule is COC(=O)[C@H]1C[C@H](F)CCO1. The largest absolute Gasteiger partial charge is 0.467 e. The maximum Gasteiger partial charge on any atom is 0.335 e. The topological polar surface area (TPSA) is 35.5 Å². The molecule has 4 heteroatoms. The Kier molecular flexibility index (Phi) is 2.82. The van der Waals surface area contributed by atoms with Crippen molar-refractivity contribution in [2.45, 2.75) is 25.1 Å². The minimum Gasteiger partial charge on any atom is -0.467 e. The van der Waals surface area contributed by atoms with E-state index in [4.69, 9.17) is 4.74 Å². The van der Waals surface area contributed by atoms with Gasteiger partial charge in [-0.25, -0.2) is 9.18 Å². The van der Waals surface area contributed by atoms with E-state index in [2.05, 4.69) is 4.74 Å². The zero-order valence-corrected chi connectivity index (χ0v) is 6.38. The summed E-state index contributed by atoms with van der Waals surface area (Å²) in [5.41, 5.74) is 0. The molecule has 0 unspecified atom stereocenters. The molecule has 0 spiro atoms. The van der Waals surface area contributed by atoms with Gasteiger partial charge in [0.25, 0.3) is 0 Å². The predicted octanol–water partition coefficient (Wildman–Crippen LogP) is 0.676. The van der Waals surface area contributed by atoms with Crippen LogP contribution in [0.2, 0.25) is 0 Å². The second-order valence-electron chi connectivity index (χ2n) is 2.50. The number of rotatable bonds is 1. The molecule has 0 bridgehead atoms. The zero-order valence-electron chi connectivity index (χ0n) is 6.38. The third-order valence-corrected chi connectivity index (χ3v) is 1.68. The van der Waals surface area contributed by atoms with Crippen LogP contribution in [0, 0.1) is 0 Å². The molecule has 0 N–H and O–H groups in total. The number of carbonyl (C=O) groups is 1. The lowest BCUT2D eigenvalue weighted by Gasteiger charge is -2.22. The van der Waals surface area contributed by atoms with Crippen molar-refractivity contribution in [1.29, 1.82) is 0 Å². The van der Waals surface area contributed by atoms with Crippen molar-refractivity contribution >= 4 is 5.97 Å². The van der Waals surface area contributed by atoms with Gasteiger partial charge in [0.2, 0.25) is 0 Å². The summed E-state index contributed by atoms with van der Waals surface area (Å²) < 4.78 is 22.0. The van der Waals surface area contributed by atoms with Gasteiger partial charge in [-0.3, -0.25) is 0 Å².